The van der Waals surface area contributed by atoms with Gasteiger partial charge in [-0.05, 0) is 31.5 Å². The summed E-state index contributed by atoms with van der Waals surface area (Å²) in [6, 6.07) is 0. The summed E-state index contributed by atoms with van der Waals surface area (Å²) in [5.74, 6) is 0. The van der Waals surface area contributed by atoms with Crippen LogP contribution in [-0.2, 0) is 0 Å². The lowest BCUT2D eigenvalue weighted by Gasteiger charge is -1.97. The summed E-state index contributed by atoms with van der Waals surface area (Å²) in [7, 11) is 0. The summed E-state index contributed by atoms with van der Waals surface area (Å²) >= 11 is 1.99. The quantitative estimate of drug-likeness (QED) is 0.544. The van der Waals surface area contributed by atoms with Gasteiger partial charge in [-0.3, -0.25) is 9.89 Å². The summed E-state index contributed by atoms with van der Waals surface area (Å²) < 4.78 is 2.48. The number of amidine groups is 1. The second kappa shape index (κ2) is 3.05. The van der Waals surface area contributed by atoms with E-state index in [4.69, 9.17) is 0 Å². The van der Waals surface area contributed by atoms with E-state index >= 15 is 0 Å². The Hall–Kier alpha value is -0.180. The molecule has 1 unspecified atom stereocenters. The van der Waals surface area contributed by atoms with Crippen molar-refractivity contribution >= 4 is 16.9 Å². The molecule has 0 aromatic rings. The maximum Gasteiger partial charge on any atom is 0.306 e. The first-order valence-corrected chi connectivity index (χ1v) is 5.26. The van der Waals surface area contributed by atoms with Crippen LogP contribution in [0.5, 0.6) is 0 Å². The van der Waals surface area contributed by atoms with Crippen molar-refractivity contribution in [1.29, 1.82) is 0 Å². The molecule has 0 spiro atoms. The summed E-state index contributed by atoms with van der Waals surface area (Å²) in [5, 5.41) is 5.65. The van der Waals surface area contributed by atoms with Crippen molar-refractivity contribution in [3.63, 3.8) is 0 Å². The van der Waals surface area contributed by atoms with Crippen molar-refractivity contribution in [2.24, 2.45) is 0 Å². The molecule has 0 aliphatic carbocycles. The van der Waals surface area contributed by atoms with Crippen LogP contribution in [0.25, 0.3) is 0 Å². The molecule has 2 saturated heterocycles. The smallest absolute Gasteiger partial charge is 0.268 e. The molecule has 2 nitrogen and oxygen atoms in total. The Morgan fingerprint density at radius 2 is 2.18 bits per heavy atom. The Labute approximate surface area is 72.1 Å². The van der Waals surface area contributed by atoms with Crippen LogP contribution < -0.4 is 5.32 Å². The van der Waals surface area contributed by atoms with Gasteiger partial charge in [-0.1, -0.05) is 0 Å². The molecule has 0 saturated carbocycles. The second-order valence-corrected chi connectivity index (χ2v) is 4.74. The molecule has 3 heteroatoms. The monoisotopic (exact) mass is 171 g/mol. The first kappa shape index (κ1) is 7.47. The average molecular weight is 171 g/mol. The zero-order chi connectivity index (χ0) is 7.68. The van der Waals surface area contributed by atoms with Crippen LogP contribution in [0.15, 0.2) is 0 Å². The zero-order valence-electron chi connectivity index (χ0n) is 6.97. The molecule has 1 N–H and O–H groups in total. The summed E-state index contributed by atoms with van der Waals surface area (Å²) in [4.78, 5) is 0. The van der Waals surface area contributed by atoms with Crippen LogP contribution in [0.2, 0.25) is 0 Å². The Kier molecular flexibility index (Phi) is 2.07. The maximum absolute atomic E-state index is 3.45. The van der Waals surface area contributed by atoms with Crippen LogP contribution in [0.4, 0.5) is 0 Å². The van der Waals surface area contributed by atoms with Crippen molar-refractivity contribution in [2.75, 3.05) is 19.6 Å². The van der Waals surface area contributed by atoms with E-state index in [1.165, 1.54) is 31.1 Å². The first-order valence-electron chi connectivity index (χ1n) is 4.39. The molecular weight excluding hydrogens is 156 g/mol. The highest BCUT2D eigenvalue weighted by Gasteiger charge is 2.27. The minimum atomic E-state index is 0.769. The van der Waals surface area contributed by atoms with Crippen molar-refractivity contribution in [1.82, 2.24) is 5.32 Å². The second-order valence-electron chi connectivity index (χ2n) is 3.31. The Morgan fingerprint density at radius 1 is 1.45 bits per heavy atom. The van der Waals surface area contributed by atoms with Gasteiger partial charge in [0.25, 0.3) is 0 Å². The van der Waals surface area contributed by atoms with E-state index in [0.717, 1.165) is 11.8 Å². The van der Waals surface area contributed by atoms with Gasteiger partial charge in [-0.25, -0.2) is 0 Å². The Balaban J connectivity index is 2.07. The van der Waals surface area contributed by atoms with Gasteiger partial charge in [0.1, 0.15) is 0 Å². The normalized spacial score (nSPS) is 31.2. The molecule has 2 aliphatic heterocycles. The van der Waals surface area contributed by atoms with Crippen LogP contribution in [0.1, 0.15) is 19.8 Å². The summed E-state index contributed by atoms with van der Waals surface area (Å²) in [6.45, 7) is 5.96. The summed E-state index contributed by atoms with van der Waals surface area (Å²) in [6.07, 6.45) is 2.75. The van der Waals surface area contributed by atoms with Gasteiger partial charge in [0, 0.05) is 0 Å². The topological polar surface area (TPSA) is 15.0 Å². The van der Waals surface area contributed by atoms with E-state index in [1.807, 2.05) is 11.8 Å². The predicted octanol–water partition coefficient (Wildman–Crippen LogP) is 0.874. The number of nitrogens with zero attached hydrogens (tertiary/aromatic N) is 1. The highest BCUT2D eigenvalue weighted by atomic mass is 32.2. The van der Waals surface area contributed by atoms with E-state index in [1.54, 1.807) is 0 Å². The van der Waals surface area contributed by atoms with Crippen LogP contribution >= 0.6 is 11.8 Å². The average Bonchev–Trinajstić information content (AvgIpc) is 2.55. The molecule has 2 rings (SSSR count). The van der Waals surface area contributed by atoms with Crippen molar-refractivity contribution in [3.05, 3.63) is 0 Å². The minimum absolute atomic E-state index is 0.769. The molecule has 0 amide bonds. The van der Waals surface area contributed by atoms with Gasteiger partial charge in [-0.15, -0.1) is 0 Å². The largest absolute Gasteiger partial charge is 0.306 e. The molecule has 0 bridgehead atoms. The van der Waals surface area contributed by atoms with Gasteiger partial charge >= 0.3 is 5.17 Å². The Bertz CT molecular complexity index is 181. The lowest BCUT2D eigenvalue weighted by molar-refractivity contribution is -0.505. The Morgan fingerprint density at radius 3 is 2.73 bits per heavy atom. The predicted molar refractivity (Wildman–Crippen MR) is 49.3 cm³/mol. The minimum Gasteiger partial charge on any atom is -0.268 e. The van der Waals surface area contributed by atoms with Gasteiger partial charge in [0.2, 0.25) is 0 Å². The van der Waals surface area contributed by atoms with Gasteiger partial charge < -0.3 is 0 Å². The fourth-order valence-corrected chi connectivity index (χ4v) is 2.66. The molecule has 2 heterocycles. The van der Waals surface area contributed by atoms with Crippen molar-refractivity contribution < 1.29 is 4.58 Å². The van der Waals surface area contributed by atoms with Crippen LogP contribution in [0.3, 0.4) is 0 Å². The van der Waals surface area contributed by atoms with Crippen LogP contribution in [-0.4, -0.2) is 34.6 Å². The molecule has 0 radical (unpaired) electrons. The molecule has 11 heavy (non-hydrogen) atoms. The third-order valence-electron chi connectivity index (χ3n) is 2.25. The van der Waals surface area contributed by atoms with E-state index in [9.17, 15) is 0 Å². The molecule has 0 aromatic carbocycles. The first-order chi connectivity index (χ1) is 5.36. The molecular formula is C8H15N2S+. The fraction of sp³-hybridized carbons (Fsp3) is 0.875. The van der Waals surface area contributed by atoms with Crippen molar-refractivity contribution in [3.8, 4) is 0 Å². The van der Waals surface area contributed by atoms with E-state index in [2.05, 4.69) is 16.8 Å². The number of nitrogens with one attached hydrogen (secondary N) is 1. The molecule has 2 fully saturated rings. The number of hydrogen-bond acceptors (Lipinski definition) is 1. The molecule has 1 atom stereocenters. The third-order valence-corrected chi connectivity index (χ3v) is 3.44. The van der Waals surface area contributed by atoms with E-state index in [-0.39, 0.29) is 0 Å². The summed E-state index contributed by atoms with van der Waals surface area (Å²) in [5.41, 5.74) is 0. The van der Waals surface area contributed by atoms with Gasteiger partial charge in [0.05, 0.1) is 24.9 Å². The third kappa shape index (κ3) is 1.53. The molecule has 62 valence electrons. The number of hydrogen-bond donors (Lipinski definition) is 1. The number of thioether (sulfide) groups is 1. The van der Waals surface area contributed by atoms with Gasteiger partial charge in [-0.2, -0.15) is 0 Å². The standard InChI is InChI=1S/C8H14N2S/c1-7-6-9-8(11-7)10-4-2-3-5-10/h7H,2-6H2,1H3/p+1. The number of rotatable bonds is 0. The highest BCUT2D eigenvalue weighted by molar-refractivity contribution is 8.14. The lowest BCUT2D eigenvalue weighted by atomic mass is 10.4. The molecule has 2 aliphatic rings. The zero-order valence-corrected chi connectivity index (χ0v) is 7.78. The van der Waals surface area contributed by atoms with Crippen molar-refractivity contribution in [2.45, 2.75) is 25.0 Å². The van der Waals surface area contributed by atoms with E-state index < -0.39 is 0 Å². The SMILES string of the molecule is CC1CNC(=[N+]2CCCC2)S1. The van der Waals surface area contributed by atoms with E-state index in [0.29, 0.717) is 0 Å². The lowest BCUT2D eigenvalue weighted by Crippen LogP contribution is -2.25. The highest BCUT2D eigenvalue weighted by Crippen LogP contribution is 2.18. The van der Waals surface area contributed by atoms with Gasteiger partial charge in [0.15, 0.2) is 0 Å². The molecule has 0 aromatic heterocycles. The van der Waals surface area contributed by atoms with Crippen LogP contribution in [0, 0.1) is 0 Å². The fourth-order valence-electron chi connectivity index (χ4n) is 1.61. The maximum atomic E-state index is 3.45.